The lowest BCUT2D eigenvalue weighted by Crippen LogP contribution is -2.27. The van der Waals surface area contributed by atoms with E-state index in [-0.39, 0.29) is 23.4 Å². The van der Waals surface area contributed by atoms with E-state index in [0.29, 0.717) is 27.7 Å². The standard InChI is InChI=1S/C21H17ClN6O3/c1-13(29)25-14-6-8-15(9-7-14)26-19(30)11-27-12-23-20-16(21(27)31)10-24-28(20)18-5-3-2-4-17(18)22/h2-10,12H,11H2,1H3,(H,25,29)(H,26,30). The van der Waals surface area contributed by atoms with Crippen LogP contribution in [0.1, 0.15) is 6.92 Å². The summed E-state index contributed by atoms with van der Waals surface area (Å²) in [5.74, 6) is -0.578. The van der Waals surface area contributed by atoms with Crippen molar-refractivity contribution in [3.8, 4) is 5.69 Å². The fourth-order valence-corrected chi connectivity index (χ4v) is 3.27. The van der Waals surface area contributed by atoms with Gasteiger partial charge in [0.15, 0.2) is 5.65 Å². The number of nitrogens with one attached hydrogen (secondary N) is 2. The first kappa shape index (κ1) is 20.3. The van der Waals surface area contributed by atoms with Crippen LogP contribution in [0.3, 0.4) is 0 Å². The smallest absolute Gasteiger partial charge is 0.264 e. The molecule has 0 saturated carbocycles. The van der Waals surface area contributed by atoms with Gasteiger partial charge in [0.05, 0.1) is 16.9 Å². The molecule has 2 aromatic carbocycles. The molecule has 2 amide bonds. The maximum absolute atomic E-state index is 12.8. The molecule has 31 heavy (non-hydrogen) atoms. The van der Waals surface area contributed by atoms with E-state index in [1.165, 1.54) is 28.7 Å². The van der Waals surface area contributed by atoms with E-state index in [1.807, 2.05) is 6.07 Å². The highest BCUT2D eigenvalue weighted by Crippen LogP contribution is 2.21. The summed E-state index contributed by atoms with van der Waals surface area (Å²) in [6.07, 6.45) is 2.71. The van der Waals surface area contributed by atoms with Crippen LogP contribution in [0.15, 0.2) is 65.8 Å². The number of rotatable bonds is 5. The van der Waals surface area contributed by atoms with Crippen molar-refractivity contribution in [2.45, 2.75) is 13.5 Å². The summed E-state index contributed by atoms with van der Waals surface area (Å²) in [5.41, 5.74) is 1.71. The van der Waals surface area contributed by atoms with Gasteiger partial charge in [0.1, 0.15) is 18.3 Å². The van der Waals surface area contributed by atoms with E-state index in [4.69, 9.17) is 11.6 Å². The quantitative estimate of drug-likeness (QED) is 0.499. The minimum absolute atomic E-state index is 0.183. The Hall–Kier alpha value is -3.98. The van der Waals surface area contributed by atoms with Crippen molar-refractivity contribution in [2.24, 2.45) is 0 Å². The first-order chi connectivity index (χ1) is 14.9. The molecule has 0 aliphatic heterocycles. The topological polar surface area (TPSA) is 111 Å². The van der Waals surface area contributed by atoms with Gasteiger partial charge in [-0.1, -0.05) is 23.7 Å². The molecule has 2 heterocycles. The van der Waals surface area contributed by atoms with E-state index < -0.39 is 5.91 Å². The molecule has 4 rings (SSSR count). The molecule has 0 unspecified atom stereocenters. The summed E-state index contributed by atoms with van der Waals surface area (Å²) in [6, 6.07) is 13.7. The molecule has 0 radical (unpaired) electrons. The molecule has 0 spiro atoms. The highest BCUT2D eigenvalue weighted by atomic mass is 35.5. The number of para-hydroxylation sites is 1. The van der Waals surface area contributed by atoms with Gasteiger partial charge in [-0.05, 0) is 36.4 Å². The average Bonchev–Trinajstić information content (AvgIpc) is 3.16. The lowest BCUT2D eigenvalue weighted by Gasteiger charge is -2.09. The van der Waals surface area contributed by atoms with Gasteiger partial charge in [0.2, 0.25) is 11.8 Å². The molecule has 156 valence electrons. The van der Waals surface area contributed by atoms with Crippen LogP contribution in [-0.4, -0.2) is 31.1 Å². The van der Waals surface area contributed by atoms with E-state index in [0.717, 1.165) is 0 Å². The molecular weight excluding hydrogens is 420 g/mol. The number of fused-ring (bicyclic) bond motifs is 1. The molecular formula is C21H17ClN6O3. The predicted octanol–water partition coefficient (Wildman–Crippen LogP) is 2.83. The maximum atomic E-state index is 12.8. The number of amides is 2. The molecule has 2 N–H and O–H groups in total. The molecule has 9 nitrogen and oxygen atoms in total. The van der Waals surface area contributed by atoms with E-state index in [1.54, 1.807) is 42.5 Å². The zero-order valence-corrected chi connectivity index (χ0v) is 17.1. The van der Waals surface area contributed by atoms with Crippen LogP contribution in [-0.2, 0) is 16.1 Å². The lowest BCUT2D eigenvalue weighted by atomic mass is 10.2. The highest BCUT2D eigenvalue weighted by Gasteiger charge is 2.14. The third kappa shape index (κ3) is 4.31. The summed E-state index contributed by atoms with van der Waals surface area (Å²) < 4.78 is 2.70. The lowest BCUT2D eigenvalue weighted by molar-refractivity contribution is -0.117. The van der Waals surface area contributed by atoms with Crippen molar-refractivity contribution < 1.29 is 9.59 Å². The Kier molecular flexibility index (Phi) is 5.50. The zero-order chi connectivity index (χ0) is 22.0. The monoisotopic (exact) mass is 436 g/mol. The molecule has 0 fully saturated rings. The Bertz CT molecular complexity index is 1340. The maximum Gasteiger partial charge on any atom is 0.264 e. The van der Waals surface area contributed by atoms with Crippen LogP contribution in [0.5, 0.6) is 0 Å². The van der Waals surface area contributed by atoms with Gasteiger partial charge in [0.25, 0.3) is 5.56 Å². The summed E-state index contributed by atoms with van der Waals surface area (Å²) in [7, 11) is 0. The van der Waals surface area contributed by atoms with Crippen LogP contribution in [0.25, 0.3) is 16.7 Å². The first-order valence-electron chi connectivity index (χ1n) is 9.28. The number of halogens is 1. The van der Waals surface area contributed by atoms with Gasteiger partial charge in [-0.3, -0.25) is 19.0 Å². The summed E-state index contributed by atoms with van der Waals surface area (Å²) >= 11 is 6.22. The van der Waals surface area contributed by atoms with Gasteiger partial charge >= 0.3 is 0 Å². The fourth-order valence-electron chi connectivity index (χ4n) is 3.06. The van der Waals surface area contributed by atoms with E-state index >= 15 is 0 Å². The van der Waals surface area contributed by atoms with Gasteiger partial charge in [-0.15, -0.1) is 0 Å². The third-order valence-corrected chi connectivity index (χ3v) is 4.76. The second-order valence-corrected chi connectivity index (χ2v) is 7.14. The van der Waals surface area contributed by atoms with Crippen LogP contribution >= 0.6 is 11.6 Å². The molecule has 0 bridgehead atoms. The molecule has 0 aliphatic rings. The van der Waals surface area contributed by atoms with Crippen LogP contribution in [0, 0.1) is 0 Å². The summed E-state index contributed by atoms with van der Waals surface area (Å²) in [4.78, 5) is 40.6. The number of carbonyl (C=O) groups excluding carboxylic acids is 2. The largest absolute Gasteiger partial charge is 0.326 e. The Morgan fingerprint density at radius 1 is 1.03 bits per heavy atom. The number of hydrogen-bond acceptors (Lipinski definition) is 5. The minimum Gasteiger partial charge on any atom is -0.326 e. The van der Waals surface area contributed by atoms with Gasteiger partial charge in [-0.2, -0.15) is 5.10 Å². The molecule has 4 aromatic rings. The van der Waals surface area contributed by atoms with Crippen molar-refractivity contribution in [3.05, 3.63) is 76.4 Å². The fraction of sp³-hybridized carbons (Fsp3) is 0.0952. The minimum atomic E-state index is -0.394. The Morgan fingerprint density at radius 2 is 1.71 bits per heavy atom. The molecule has 0 saturated heterocycles. The van der Waals surface area contributed by atoms with Gasteiger partial charge < -0.3 is 10.6 Å². The van der Waals surface area contributed by atoms with Crippen molar-refractivity contribution >= 4 is 45.8 Å². The number of aromatic nitrogens is 4. The number of carbonyl (C=O) groups is 2. The van der Waals surface area contributed by atoms with Crippen LogP contribution < -0.4 is 16.2 Å². The van der Waals surface area contributed by atoms with E-state index in [2.05, 4.69) is 20.7 Å². The number of benzene rings is 2. The number of anilines is 2. The van der Waals surface area contributed by atoms with Gasteiger partial charge in [-0.25, -0.2) is 9.67 Å². The van der Waals surface area contributed by atoms with E-state index in [9.17, 15) is 14.4 Å². The summed E-state index contributed by atoms with van der Waals surface area (Å²) in [6.45, 7) is 1.20. The van der Waals surface area contributed by atoms with Crippen LogP contribution in [0.2, 0.25) is 5.02 Å². The SMILES string of the molecule is CC(=O)Nc1ccc(NC(=O)Cn2cnc3c(cnn3-c3ccccc3Cl)c2=O)cc1. The average molecular weight is 437 g/mol. The van der Waals surface area contributed by atoms with Crippen molar-refractivity contribution in [1.29, 1.82) is 0 Å². The van der Waals surface area contributed by atoms with Crippen molar-refractivity contribution in [1.82, 2.24) is 19.3 Å². The molecule has 10 heteroatoms. The number of nitrogens with zero attached hydrogens (tertiary/aromatic N) is 4. The number of hydrogen-bond donors (Lipinski definition) is 2. The second kappa shape index (κ2) is 8.41. The predicted molar refractivity (Wildman–Crippen MR) is 118 cm³/mol. The first-order valence-corrected chi connectivity index (χ1v) is 9.66. The van der Waals surface area contributed by atoms with Crippen LogP contribution in [0.4, 0.5) is 11.4 Å². The van der Waals surface area contributed by atoms with Crippen molar-refractivity contribution in [2.75, 3.05) is 10.6 Å². The molecule has 0 aliphatic carbocycles. The highest BCUT2D eigenvalue weighted by molar-refractivity contribution is 6.32. The second-order valence-electron chi connectivity index (χ2n) is 6.73. The normalized spacial score (nSPS) is 10.8. The van der Waals surface area contributed by atoms with Crippen molar-refractivity contribution in [3.63, 3.8) is 0 Å². The molecule has 0 atom stereocenters. The van der Waals surface area contributed by atoms with Gasteiger partial charge in [0, 0.05) is 18.3 Å². The Balaban J connectivity index is 1.53. The molecule has 2 aromatic heterocycles. The Morgan fingerprint density at radius 3 is 2.39 bits per heavy atom. The third-order valence-electron chi connectivity index (χ3n) is 4.44. The summed E-state index contributed by atoms with van der Waals surface area (Å²) in [5, 5.41) is 10.3. The zero-order valence-electron chi connectivity index (χ0n) is 16.4. The Labute approximate surface area is 181 Å².